The molecule has 1 aromatic carbocycles. The summed E-state index contributed by atoms with van der Waals surface area (Å²) in [6, 6.07) is 10.2. The minimum atomic E-state index is -0.302. The molecule has 2 rings (SSSR count). The quantitative estimate of drug-likeness (QED) is 0.819. The van der Waals surface area contributed by atoms with Gasteiger partial charge in [0.1, 0.15) is 0 Å². The van der Waals surface area contributed by atoms with E-state index in [0.29, 0.717) is 0 Å². The van der Waals surface area contributed by atoms with Crippen LogP contribution in [0.3, 0.4) is 0 Å². The maximum absolute atomic E-state index is 9.65. The summed E-state index contributed by atoms with van der Waals surface area (Å²) in [6.45, 7) is 3.24. The highest BCUT2D eigenvalue weighted by Gasteiger charge is 2.26. The molecule has 1 unspecified atom stereocenters. The third-order valence-electron chi connectivity index (χ3n) is 3.98. The molecule has 2 N–H and O–H groups in total. The molecule has 0 aromatic heterocycles. The lowest BCUT2D eigenvalue weighted by molar-refractivity contribution is 0.169. The zero-order valence-corrected chi connectivity index (χ0v) is 10.7. The molecule has 1 aromatic rings. The van der Waals surface area contributed by atoms with Crippen molar-refractivity contribution >= 4 is 0 Å². The maximum Gasteiger partial charge on any atom is 0.0652 e. The van der Waals surface area contributed by atoms with E-state index < -0.39 is 0 Å². The summed E-state index contributed by atoms with van der Waals surface area (Å²) in [5, 5.41) is 13.2. The van der Waals surface area contributed by atoms with Crippen LogP contribution in [0, 0.1) is 5.92 Å². The van der Waals surface area contributed by atoms with Crippen LogP contribution in [-0.4, -0.2) is 18.3 Å². The fourth-order valence-corrected chi connectivity index (χ4v) is 2.64. The van der Waals surface area contributed by atoms with Gasteiger partial charge in [-0.2, -0.15) is 0 Å². The van der Waals surface area contributed by atoms with Crippen LogP contribution in [0.5, 0.6) is 0 Å². The van der Waals surface area contributed by atoms with E-state index in [1.807, 2.05) is 18.2 Å². The summed E-state index contributed by atoms with van der Waals surface area (Å²) >= 11 is 0. The van der Waals surface area contributed by atoms with Crippen molar-refractivity contribution in [3.63, 3.8) is 0 Å². The Bertz CT molecular complexity index is 332. The molecule has 1 saturated carbocycles. The number of aliphatic hydroxyl groups is 1. The van der Waals surface area contributed by atoms with Crippen molar-refractivity contribution in [3.05, 3.63) is 35.9 Å². The number of rotatable bonds is 5. The van der Waals surface area contributed by atoms with E-state index in [4.69, 9.17) is 0 Å². The molecule has 1 fully saturated rings. The third kappa shape index (κ3) is 3.08. The highest BCUT2D eigenvalue weighted by atomic mass is 16.3. The van der Waals surface area contributed by atoms with Crippen LogP contribution in [0.1, 0.15) is 38.2 Å². The lowest BCUT2D eigenvalue weighted by atomic mass is 9.92. The minimum absolute atomic E-state index is 0.143. The van der Waals surface area contributed by atoms with Crippen molar-refractivity contribution in [1.82, 2.24) is 5.32 Å². The fourth-order valence-electron chi connectivity index (χ4n) is 2.64. The average Bonchev–Trinajstić information content (AvgIpc) is 2.90. The average molecular weight is 233 g/mol. The smallest absolute Gasteiger partial charge is 0.0652 e. The van der Waals surface area contributed by atoms with Crippen LogP contribution >= 0.6 is 0 Å². The summed E-state index contributed by atoms with van der Waals surface area (Å²) in [5.74, 6) is 0.796. The lowest BCUT2D eigenvalue weighted by Gasteiger charge is -2.31. The molecule has 0 radical (unpaired) electrons. The highest BCUT2D eigenvalue weighted by Crippen LogP contribution is 2.26. The number of hydrogen-bond acceptors (Lipinski definition) is 2. The van der Waals surface area contributed by atoms with E-state index in [1.54, 1.807) is 0 Å². The number of benzene rings is 1. The second kappa shape index (κ2) is 5.65. The minimum Gasteiger partial charge on any atom is -0.394 e. The summed E-state index contributed by atoms with van der Waals surface area (Å²) in [7, 11) is 0. The van der Waals surface area contributed by atoms with Gasteiger partial charge >= 0.3 is 0 Å². The Kier molecular flexibility index (Phi) is 4.19. The first-order valence-electron chi connectivity index (χ1n) is 6.66. The molecule has 0 aliphatic heterocycles. The van der Waals surface area contributed by atoms with E-state index in [0.717, 1.165) is 12.5 Å². The Morgan fingerprint density at radius 1 is 1.24 bits per heavy atom. The molecular formula is C15H23NO. The molecule has 0 amide bonds. The predicted molar refractivity (Wildman–Crippen MR) is 70.8 cm³/mol. The Morgan fingerprint density at radius 3 is 2.47 bits per heavy atom. The normalized spacial score (nSPS) is 20.4. The molecule has 2 heteroatoms. The Balaban J connectivity index is 1.98. The van der Waals surface area contributed by atoms with Crippen molar-refractivity contribution in [2.75, 3.05) is 13.2 Å². The molecule has 0 bridgehead atoms. The van der Waals surface area contributed by atoms with E-state index in [-0.39, 0.29) is 12.1 Å². The van der Waals surface area contributed by atoms with Crippen LogP contribution < -0.4 is 5.32 Å². The standard InChI is InChI=1S/C15H23NO/c1-15(12-17,14-9-3-2-4-10-14)16-11-13-7-5-6-8-13/h2-4,9-10,13,16-17H,5-8,11-12H2,1H3. The van der Waals surface area contributed by atoms with Crippen LogP contribution in [0.25, 0.3) is 0 Å². The molecule has 94 valence electrons. The number of nitrogens with one attached hydrogen (secondary N) is 1. The van der Waals surface area contributed by atoms with Gasteiger partial charge in [0, 0.05) is 0 Å². The zero-order chi connectivity index (χ0) is 12.1. The molecule has 1 atom stereocenters. The molecule has 1 aliphatic carbocycles. The van der Waals surface area contributed by atoms with Crippen LogP contribution in [0.2, 0.25) is 0 Å². The van der Waals surface area contributed by atoms with Crippen molar-refractivity contribution in [3.8, 4) is 0 Å². The Hall–Kier alpha value is -0.860. The summed E-state index contributed by atoms with van der Waals surface area (Å²) < 4.78 is 0. The van der Waals surface area contributed by atoms with Crippen molar-refractivity contribution in [2.45, 2.75) is 38.1 Å². The van der Waals surface area contributed by atoms with Crippen molar-refractivity contribution in [1.29, 1.82) is 0 Å². The molecule has 0 spiro atoms. The van der Waals surface area contributed by atoms with Gasteiger partial charge in [-0.15, -0.1) is 0 Å². The second-order valence-electron chi connectivity index (χ2n) is 5.39. The van der Waals surface area contributed by atoms with Gasteiger partial charge in [-0.25, -0.2) is 0 Å². The zero-order valence-electron chi connectivity index (χ0n) is 10.7. The van der Waals surface area contributed by atoms with E-state index in [2.05, 4.69) is 24.4 Å². The van der Waals surface area contributed by atoms with Gasteiger partial charge in [-0.05, 0) is 37.8 Å². The van der Waals surface area contributed by atoms with E-state index in [9.17, 15) is 5.11 Å². The lowest BCUT2D eigenvalue weighted by Crippen LogP contribution is -2.44. The maximum atomic E-state index is 9.65. The summed E-state index contributed by atoms with van der Waals surface area (Å²) in [5.41, 5.74) is 0.865. The second-order valence-corrected chi connectivity index (χ2v) is 5.39. The summed E-state index contributed by atoms with van der Waals surface area (Å²) in [6.07, 6.45) is 5.41. The number of aliphatic hydroxyl groups excluding tert-OH is 1. The van der Waals surface area contributed by atoms with Gasteiger partial charge in [-0.3, -0.25) is 0 Å². The predicted octanol–water partition coefficient (Wildman–Crippen LogP) is 2.67. The first-order valence-corrected chi connectivity index (χ1v) is 6.66. The SMILES string of the molecule is CC(CO)(NCC1CCCC1)c1ccccc1. The van der Waals surface area contributed by atoms with E-state index >= 15 is 0 Å². The molecule has 17 heavy (non-hydrogen) atoms. The first kappa shape index (κ1) is 12.6. The van der Waals surface area contributed by atoms with E-state index in [1.165, 1.54) is 31.2 Å². The van der Waals surface area contributed by atoms with Crippen LogP contribution in [0.4, 0.5) is 0 Å². The topological polar surface area (TPSA) is 32.3 Å². The number of hydrogen-bond donors (Lipinski definition) is 2. The van der Waals surface area contributed by atoms with Gasteiger partial charge in [0.2, 0.25) is 0 Å². The highest BCUT2D eigenvalue weighted by molar-refractivity contribution is 5.23. The van der Waals surface area contributed by atoms with Gasteiger partial charge in [0.25, 0.3) is 0 Å². The molecule has 0 heterocycles. The van der Waals surface area contributed by atoms with Crippen LogP contribution in [0.15, 0.2) is 30.3 Å². The molecular weight excluding hydrogens is 210 g/mol. The fraction of sp³-hybridized carbons (Fsp3) is 0.600. The largest absolute Gasteiger partial charge is 0.394 e. The molecule has 2 nitrogen and oxygen atoms in total. The van der Waals surface area contributed by atoms with Gasteiger partial charge in [0.15, 0.2) is 0 Å². The van der Waals surface area contributed by atoms with Crippen molar-refractivity contribution < 1.29 is 5.11 Å². The van der Waals surface area contributed by atoms with Crippen molar-refractivity contribution in [2.24, 2.45) is 5.92 Å². The Labute approximate surface area is 104 Å². The van der Waals surface area contributed by atoms with Gasteiger partial charge < -0.3 is 10.4 Å². The first-order chi connectivity index (χ1) is 8.24. The molecule has 0 saturated heterocycles. The summed E-state index contributed by atoms with van der Waals surface area (Å²) in [4.78, 5) is 0. The monoisotopic (exact) mass is 233 g/mol. The van der Waals surface area contributed by atoms with Gasteiger partial charge in [0.05, 0.1) is 12.1 Å². The van der Waals surface area contributed by atoms with Gasteiger partial charge in [-0.1, -0.05) is 43.2 Å². The Morgan fingerprint density at radius 2 is 1.88 bits per heavy atom. The molecule has 1 aliphatic rings. The third-order valence-corrected chi connectivity index (χ3v) is 3.98. The van der Waals surface area contributed by atoms with Crippen LogP contribution in [-0.2, 0) is 5.54 Å².